The van der Waals surface area contributed by atoms with Crippen LogP contribution in [0.4, 0.5) is 5.69 Å². The van der Waals surface area contributed by atoms with Gasteiger partial charge in [-0.3, -0.25) is 4.79 Å². The Morgan fingerprint density at radius 2 is 1.84 bits per heavy atom. The first-order chi connectivity index (χ1) is 8.93. The minimum atomic E-state index is -1.06. The number of amides is 1. The van der Waals surface area contributed by atoms with E-state index in [1.165, 1.54) is 31.4 Å². The van der Waals surface area contributed by atoms with E-state index in [1.54, 1.807) is 0 Å². The molecule has 0 aromatic heterocycles. The lowest BCUT2D eigenvalue weighted by Crippen LogP contribution is -2.21. The van der Waals surface area contributed by atoms with Crippen LogP contribution in [-0.2, 0) is 14.3 Å². The third-order valence-electron chi connectivity index (χ3n) is 2.14. The van der Waals surface area contributed by atoms with Crippen molar-refractivity contribution in [3.8, 4) is 0 Å². The van der Waals surface area contributed by atoms with Crippen molar-refractivity contribution in [3.63, 3.8) is 0 Å². The van der Waals surface area contributed by atoms with Crippen molar-refractivity contribution in [1.82, 2.24) is 0 Å². The zero-order valence-electron chi connectivity index (χ0n) is 10.0. The van der Waals surface area contributed by atoms with Crippen molar-refractivity contribution in [2.75, 3.05) is 12.4 Å². The molecule has 0 unspecified atom stereocenters. The molecule has 4 N–H and O–H groups in total. The molecule has 0 saturated heterocycles. The Labute approximate surface area is 108 Å². The zero-order chi connectivity index (χ0) is 14.4. The summed E-state index contributed by atoms with van der Waals surface area (Å²) in [7, 11) is 1.17. The Kier molecular flexibility index (Phi) is 4.64. The molecule has 0 radical (unpaired) electrons. The van der Waals surface area contributed by atoms with Crippen LogP contribution in [0.3, 0.4) is 0 Å². The van der Waals surface area contributed by atoms with Gasteiger partial charge in [0.25, 0.3) is 5.91 Å². The number of hydrogen-bond donors (Lipinski definition) is 3. The highest BCUT2D eigenvalue weighted by Crippen LogP contribution is 2.12. The summed E-state index contributed by atoms with van der Waals surface area (Å²) in [5.74, 6) is -2.64. The Hall–Kier alpha value is -2.83. The van der Waals surface area contributed by atoms with Gasteiger partial charge in [0, 0.05) is 5.69 Å². The van der Waals surface area contributed by atoms with Crippen molar-refractivity contribution in [3.05, 3.63) is 41.6 Å². The third-order valence-corrected chi connectivity index (χ3v) is 2.14. The van der Waals surface area contributed by atoms with E-state index >= 15 is 0 Å². The van der Waals surface area contributed by atoms with Crippen LogP contribution in [0.1, 0.15) is 10.4 Å². The molecule has 1 aromatic carbocycles. The fourth-order valence-corrected chi connectivity index (χ4v) is 1.20. The lowest BCUT2D eigenvalue weighted by atomic mass is 10.2. The summed E-state index contributed by atoms with van der Waals surface area (Å²) in [5, 5.41) is 11.3. The van der Waals surface area contributed by atoms with Crippen molar-refractivity contribution < 1.29 is 24.2 Å². The fraction of sp³-hybridized carbons (Fsp3) is 0.0833. The van der Waals surface area contributed by atoms with Gasteiger partial charge in [-0.15, -0.1) is 0 Å². The number of carbonyl (C=O) groups excluding carboxylic acids is 2. The number of hydrogen-bond acceptors (Lipinski definition) is 5. The molecule has 19 heavy (non-hydrogen) atoms. The number of nitrogens with one attached hydrogen (secondary N) is 1. The topological polar surface area (TPSA) is 119 Å². The number of benzene rings is 1. The predicted molar refractivity (Wildman–Crippen MR) is 66.3 cm³/mol. The highest BCUT2D eigenvalue weighted by Gasteiger charge is 2.09. The van der Waals surface area contributed by atoms with Gasteiger partial charge < -0.3 is 20.9 Å². The first-order valence-electron chi connectivity index (χ1n) is 5.14. The molecule has 1 amide bonds. The molecule has 0 bridgehead atoms. The maximum atomic E-state index is 11.1. The molecule has 0 spiro atoms. The second-order valence-electron chi connectivity index (χ2n) is 3.45. The van der Waals surface area contributed by atoms with E-state index < -0.39 is 17.8 Å². The van der Waals surface area contributed by atoms with E-state index in [1.807, 2.05) is 0 Å². The second-order valence-corrected chi connectivity index (χ2v) is 3.45. The number of anilines is 1. The van der Waals surface area contributed by atoms with Crippen LogP contribution in [-0.4, -0.2) is 30.1 Å². The molecule has 100 valence electrons. The SMILES string of the molecule is COC(=O)/C=C(\Nc1ccc(C(=O)O)cc1)C(N)=O. The minimum Gasteiger partial charge on any atom is -0.478 e. The maximum absolute atomic E-state index is 11.1. The molecular formula is C12H12N2O5. The van der Waals surface area contributed by atoms with Crippen LogP contribution in [0.2, 0.25) is 0 Å². The maximum Gasteiger partial charge on any atom is 0.335 e. The number of ether oxygens (including phenoxy) is 1. The molecule has 1 aromatic rings. The van der Waals surface area contributed by atoms with Gasteiger partial charge >= 0.3 is 11.9 Å². The summed E-state index contributed by atoms with van der Waals surface area (Å²) in [5.41, 5.74) is 5.45. The molecule has 0 heterocycles. The molecule has 0 aliphatic rings. The number of carbonyl (C=O) groups is 3. The highest BCUT2D eigenvalue weighted by atomic mass is 16.5. The Morgan fingerprint density at radius 3 is 2.26 bits per heavy atom. The lowest BCUT2D eigenvalue weighted by Gasteiger charge is -2.07. The summed E-state index contributed by atoms with van der Waals surface area (Å²) in [4.78, 5) is 32.8. The van der Waals surface area contributed by atoms with Gasteiger partial charge in [0.1, 0.15) is 5.70 Å². The molecule has 0 aliphatic carbocycles. The zero-order valence-corrected chi connectivity index (χ0v) is 10.0. The van der Waals surface area contributed by atoms with Crippen LogP contribution in [0, 0.1) is 0 Å². The van der Waals surface area contributed by atoms with Crippen LogP contribution in [0.15, 0.2) is 36.0 Å². The monoisotopic (exact) mass is 264 g/mol. The molecule has 0 atom stereocenters. The Balaban J connectivity index is 2.91. The minimum absolute atomic E-state index is 0.100. The summed E-state index contributed by atoms with van der Waals surface area (Å²) in [6.45, 7) is 0. The third kappa shape index (κ3) is 4.15. The van der Waals surface area contributed by atoms with E-state index in [-0.39, 0.29) is 11.3 Å². The number of primary amides is 1. The summed E-state index contributed by atoms with van der Waals surface area (Å²) in [6.07, 6.45) is 0.910. The van der Waals surface area contributed by atoms with Crippen molar-refractivity contribution in [1.29, 1.82) is 0 Å². The van der Waals surface area contributed by atoms with Gasteiger partial charge in [-0.25, -0.2) is 9.59 Å². The average molecular weight is 264 g/mol. The normalized spacial score (nSPS) is 10.7. The first-order valence-corrected chi connectivity index (χ1v) is 5.14. The molecule has 1 rings (SSSR count). The number of rotatable bonds is 5. The molecule has 7 heteroatoms. The van der Waals surface area contributed by atoms with Gasteiger partial charge in [0.05, 0.1) is 18.7 Å². The van der Waals surface area contributed by atoms with E-state index in [9.17, 15) is 14.4 Å². The molecule has 0 aliphatic heterocycles. The van der Waals surface area contributed by atoms with Crippen LogP contribution in [0.5, 0.6) is 0 Å². The van der Waals surface area contributed by atoms with Gasteiger partial charge in [0.2, 0.25) is 0 Å². The van der Waals surface area contributed by atoms with Gasteiger partial charge in [-0.05, 0) is 24.3 Å². The van der Waals surface area contributed by atoms with Crippen LogP contribution < -0.4 is 11.1 Å². The molecule has 7 nitrogen and oxygen atoms in total. The summed E-state index contributed by atoms with van der Waals surface area (Å²) >= 11 is 0. The summed E-state index contributed by atoms with van der Waals surface area (Å²) in [6, 6.07) is 5.58. The summed E-state index contributed by atoms with van der Waals surface area (Å²) < 4.78 is 4.38. The van der Waals surface area contributed by atoms with E-state index in [0.717, 1.165) is 6.08 Å². The van der Waals surface area contributed by atoms with Crippen molar-refractivity contribution in [2.45, 2.75) is 0 Å². The first kappa shape index (κ1) is 14.2. The number of carboxylic acids is 1. The standard InChI is InChI=1S/C12H12N2O5/c1-19-10(15)6-9(11(13)16)14-8-4-2-7(3-5-8)12(17)18/h2-6,14H,1H3,(H2,13,16)(H,17,18)/b9-6-. The Bertz CT molecular complexity index is 534. The number of carboxylic acid groups (broad SMARTS) is 1. The van der Waals surface area contributed by atoms with Gasteiger partial charge in [0.15, 0.2) is 0 Å². The van der Waals surface area contributed by atoms with Crippen molar-refractivity contribution >= 4 is 23.5 Å². The van der Waals surface area contributed by atoms with Crippen LogP contribution >= 0.6 is 0 Å². The Morgan fingerprint density at radius 1 is 1.26 bits per heavy atom. The number of nitrogens with two attached hydrogens (primary N) is 1. The predicted octanol–water partition coefficient (Wildman–Crippen LogP) is 0.339. The van der Waals surface area contributed by atoms with E-state index in [0.29, 0.717) is 5.69 Å². The smallest absolute Gasteiger partial charge is 0.335 e. The number of aromatic carboxylic acids is 1. The van der Waals surface area contributed by atoms with Crippen LogP contribution in [0.25, 0.3) is 0 Å². The van der Waals surface area contributed by atoms with Gasteiger partial charge in [-0.1, -0.05) is 0 Å². The van der Waals surface area contributed by atoms with Gasteiger partial charge in [-0.2, -0.15) is 0 Å². The molecule has 0 fully saturated rings. The average Bonchev–Trinajstić information content (AvgIpc) is 2.38. The van der Waals surface area contributed by atoms with E-state index in [2.05, 4.69) is 10.1 Å². The number of esters is 1. The largest absolute Gasteiger partial charge is 0.478 e. The van der Waals surface area contributed by atoms with E-state index in [4.69, 9.17) is 10.8 Å². The highest BCUT2D eigenvalue weighted by molar-refractivity contribution is 6.00. The fourth-order valence-electron chi connectivity index (χ4n) is 1.20. The second kappa shape index (κ2) is 6.20. The lowest BCUT2D eigenvalue weighted by molar-refractivity contribution is -0.135. The number of methoxy groups -OCH3 is 1. The molecule has 0 saturated carbocycles. The molecular weight excluding hydrogens is 252 g/mol. The quantitative estimate of drug-likeness (QED) is 0.521. The van der Waals surface area contributed by atoms with Crippen molar-refractivity contribution in [2.24, 2.45) is 5.73 Å².